The third kappa shape index (κ3) is 5.98. The normalized spacial score (nSPS) is 11.5. The fourth-order valence-corrected chi connectivity index (χ4v) is 3.47. The highest BCUT2D eigenvalue weighted by molar-refractivity contribution is 6.07. The number of ether oxygens (including phenoxy) is 2. The number of allylic oxidation sites excluding steroid dienone is 1. The van der Waals surface area contributed by atoms with Crippen LogP contribution in [-0.4, -0.2) is 56.6 Å². The van der Waals surface area contributed by atoms with Crippen molar-refractivity contribution in [3.8, 4) is 11.5 Å². The molecule has 1 heterocycles. The first-order chi connectivity index (χ1) is 16.0. The molecule has 0 fully saturated rings. The molecule has 0 radical (unpaired) electrons. The molecule has 0 aliphatic carbocycles. The van der Waals surface area contributed by atoms with Crippen LogP contribution in [0.5, 0.6) is 11.5 Å². The lowest BCUT2D eigenvalue weighted by molar-refractivity contribution is 0.394. The number of nitrogens with one attached hydrogen (secondary N) is 3. The van der Waals surface area contributed by atoms with Crippen molar-refractivity contribution in [2.24, 2.45) is 0 Å². The summed E-state index contributed by atoms with van der Waals surface area (Å²) in [5.41, 5.74) is 4.78. The Morgan fingerprint density at radius 3 is 2.39 bits per heavy atom. The molecule has 174 valence electrons. The molecule has 8 nitrogen and oxygen atoms in total. The van der Waals surface area contributed by atoms with Crippen molar-refractivity contribution < 1.29 is 9.47 Å². The molecule has 0 aliphatic heterocycles. The Morgan fingerprint density at radius 1 is 1.06 bits per heavy atom. The van der Waals surface area contributed by atoms with Crippen LogP contribution in [0.15, 0.2) is 48.8 Å². The van der Waals surface area contributed by atoms with E-state index in [4.69, 9.17) is 19.9 Å². The Morgan fingerprint density at radius 2 is 1.79 bits per heavy atom. The van der Waals surface area contributed by atoms with Crippen molar-refractivity contribution in [2.75, 3.05) is 39.3 Å². The van der Waals surface area contributed by atoms with Gasteiger partial charge in [0.15, 0.2) is 0 Å². The van der Waals surface area contributed by atoms with E-state index in [1.54, 1.807) is 33.7 Å². The van der Waals surface area contributed by atoms with Gasteiger partial charge in [-0.3, -0.25) is 4.98 Å². The van der Waals surface area contributed by atoms with Gasteiger partial charge in [0.05, 0.1) is 37.1 Å². The molecular weight excluding hydrogens is 416 g/mol. The monoisotopic (exact) mass is 448 g/mol. The maximum absolute atomic E-state index is 7.68. The van der Waals surface area contributed by atoms with Crippen molar-refractivity contribution in [1.82, 2.24) is 20.6 Å². The summed E-state index contributed by atoms with van der Waals surface area (Å²) in [6.45, 7) is 5.79. The summed E-state index contributed by atoms with van der Waals surface area (Å²) in [7, 11) is 5.09. The van der Waals surface area contributed by atoms with E-state index in [1.165, 1.54) is 6.21 Å². The number of hydrogen-bond acceptors (Lipinski definition) is 8. The largest absolute Gasteiger partial charge is 0.497 e. The van der Waals surface area contributed by atoms with Crippen LogP contribution in [0.4, 0.5) is 11.4 Å². The van der Waals surface area contributed by atoms with Crippen molar-refractivity contribution >= 4 is 34.2 Å². The van der Waals surface area contributed by atoms with E-state index in [0.29, 0.717) is 17.3 Å². The third-order valence-electron chi connectivity index (χ3n) is 5.12. The number of methoxy groups -OCH3 is 2. The quantitative estimate of drug-likeness (QED) is 0.382. The first-order valence-corrected chi connectivity index (χ1v) is 10.9. The van der Waals surface area contributed by atoms with E-state index in [9.17, 15) is 0 Å². The van der Waals surface area contributed by atoms with Crippen molar-refractivity contribution in [3.63, 3.8) is 0 Å². The maximum Gasteiger partial charge on any atom is 0.124 e. The van der Waals surface area contributed by atoms with Crippen LogP contribution >= 0.6 is 0 Å². The first-order valence-electron chi connectivity index (χ1n) is 10.9. The van der Waals surface area contributed by atoms with Crippen LogP contribution in [0.25, 0.3) is 16.6 Å². The standard InChI is InChI=1S/C25H32N6O2/c1-17(2)28-8-9-31(20-10-21(32-4)13-22(11-20)33-5)19-6-7-23-24(12-19)30-25(16-29-23)18(14-26)15-27-3/h6-7,10-17,26-28H,8-9H2,1-5H3/b18-15+,26-14?. The maximum atomic E-state index is 7.68. The van der Waals surface area contributed by atoms with E-state index in [2.05, 4.69) is 34.4 Å². The topological polar surface area (TPSA) is 95.4 Å². The Labute approximate surface area is 195 Å². The lowest BCUT2D eigenvalue weighted by Gasteiger charge is -2.27. The minimum atomic E-state index is 0.384. The molecule has 8 heteroatoms. The number of hydrogen-bond donors (Lipinski definition) is 3. The van der Waals surface area contributed by atoms with Crippen LogP contribution in [0, 0.1) is 5.41 Å². The number of benzene rings is 2. The molecule has 2 aromatic carbocycles. The molecule has 0 aliphatic rings. The van der Waals surface area contributed by atoms with Gasteiger partial charge in [-0.25, -0.2) is 4.98 Å². The number of anilines is 2. The molecule has 1 aromatic heterocycles. The molecule has 3 aromatic rings. The second-order valence-corrected chi connectivity index (χ2v) is 7.79. The predicted octanol–water partition coefficient (Wildman–Crippen LogP) is 3.99. The van der Waals surface area contributed by atoms with Crippen LogP contribution < -0.4 is 25.0 Å². The zero-order chi connectivity index (χ0) is 23.8. The van der Waals surface area contributed by atoms with Crippen LogP contribution in [-0.2, 0) is 0 Å². The first kappa shape index (κ1) is 24.0. The Kier molecular flexibility index (Phi) is 8.21. The lowest BCUT2D eigenvalue weighted by atomic mass is 10.1. The van der Waals surface area contributed by atoms with Gasteiger partial charge < -0.3 is 30.4 Å². The van der Waals surface area contributed by atoms with Gasteiger partial charge in [-0.2, -0.15) is 0 Å². The number of fused-ring (bicyclic) bond motifs is 1. The van der Waals surface area contributed by atoms with E-state index < -0.39 is 0 Å². The second kappa shape index (κ2) is 11.3. The molecule has 0 saturated heterocycles. The fourth-order valence-electron chi connectivity index (χ4n) is 3.47. The summed E-state index contributed by atoms with van der Waals surface area (Å²) in [6.07, 6.45) is 4.69. The number of rotatable bonds is 11. The summed E-state index contributed by atoms with van der Waals surface area (Å²) in [5, 5.41) is 14.1. The van der Waals surface area contributed by atoms with E-state index in [1.807, 2.05) is 36.4 Å². The zero-order valence-corrected chi connectivity index (χ0v) is 19.8. The Bertz CT molecular complexity index is 1110. The summed E-state index contributed by atoms with van der Waals surface area (Å²) in [6, 6.07) is 12.3. The van der Waals surface area contributed by atoms with Gasteiger partial charge in [0, 0.05) is 73.7 Å². The fraction of sp³-hybridized carbons (Fsp3) is 0.320. The highest BCUT2D eigenvalue weighted by atomic mass is 16.5. The van der Waals surface area contributed by atoms with Crippen molar-refractivity contribution in [3.05, 3.63) is 54.5 Å². The van der Waals surface area contributed by atoms with Crippen molar-refractivity contribution in [1.29, 1.82) is 5.41 Å². The van der Waals surface area contributed by atoms with E-state index in [0.717, 1.165) is 47.0 Å². The minimum absolute atomic E-state index is 0.384. The highest BCUT2D eigenvalue weighted by Gasteiger charge is 2.14. The molecule has 0 unspecified atom stereocenters. The summed E-state index contributed by atoms with van der Waals surface area (Å²) in [5.74, 6) is 1.45. The molecule has 33 heavy (non-hydrogen) atoms. The molecule has 0 saturated carbocycles. The van der Waals surface area contributed by atoms with Crippen LogP contribution in [0.1, 0.15) is 19.5 Å². The van der Waals surface area contributed by atoms with Gasteiger partial charge in [-0.05, 0) is 18.2 Å². The average Bonchev–Trinajstić information content (AvgIpc) is 2.84. The summed E-state index contributed by atoms with van der Waals surface area (Å²) >= 11 is 0. The van der Waals surface area contributed by atoms with Gasteiger partial charge in [0.25, 0.3) is 0 Å². The second-order valence-electron chi connectivity index (χ2n) is 7.79. The number of nitrogens with zero attached hydrogens (tertiary/aromatic N) is 3. The predicted molar refractivity (Wildman–Crippen MR) is 135 cm³/mol. The molecule has 0 bridgehead atoms. The zero-order valence-electron chi connectivity index (χ0n) is 19.8. The molecule has 0 amide bonds. The number of aromatic nitrogens is 2. The highest BCUT2D eigenvalue weighted by Crippen LogP contribution is 2.33. The lowest BCUT2D eigenvalue weighted by Crippen LogP contribution is -2.32. The average molecular weight is 449 g/mol. The molecular formula is C25H32N6O2. The van der Waals surface area contributed by atoms with Gasteiger partial charge in [0.1, 0.15) is 11.5 Å². The molecule has 3 rings (SSSR count). The Balaban J connectivity index is 2.07. The van der Waals surface area contributed by atoms with Gasteiger partial charge in [0.2, 0.25) is 0 Å². The summed E-state index contributed by atoms with van der Waals surface area (Å²) in [4.78, 5) is 11.5. The third-order valence-corrected chi connectivity index (χ3v) is 5.12. The smallest absolute Gasteiger partial charge is 0.124 e. The van der Waals surface area contributed by atoms with E-state index >= 15 is 0 Å². The van der Waals surface area contributed by atoms with Crippen LogP contribution in [0.3, 0.4) is 0 Å². The minimum Gasteiger partial charge on any atom is -0.497 e. The Hall–Kier alpha value is -3.65. The van der Waals surface area contributed by atoms with Crippen LogP contribution in [0.2, 0.25) is 0 Å². The van der Waals surface area contributed by atoms with Gasteiger partial charge in [-0.1, -0.05) is 13.8 Å². The van der Waals surface area contributed by atoms with Gasteiger partial charge >= 0.3 is 0 Å². The van der Waals surface area contributed by atoms with Crippen molar-refractivity contribution in [2.45, 2.75) is 19.9 Å². The SMILES string of the molecule is CN/C=C(\C=N)c1cnc2ccc(N(CCNC(C)C)c3cc(OC)cc(OC)c3)cc2n1. The molecule has 3 N–H and O–H groups in total. The van der Waals surface area contributed by atoms with Gasteiger partial charge in [-0.15, -0.1) is 0 Å². The molecule has 0 spiro atoms. The van der Waals surface area contributed by atoms with E-state index in [-0.39, 0.29) is 0 Å². The molecule has 0 atom stereocenters. The summed E-state index contributed by atoms with van der Waals surface area (Å²) < 4.78 is 11.0.